The van der Waals surface area contributed by atoms with Crippen LogP contribution in [0.2, 0.25) is 0 Å². The number of imide groups is 1. The zero-order chi connectivity index (χ0) is 32.0. The first-order valence-corrected chi connectivity index (χ1v) is 15.8. The number of carbonyl (C=O) groups excluding carboxylic acids is 5. The Morgan fingerprint density at radius 1 is 1.23 bits per heavy atom. The molecule has 0 bridgehead atoms. The number of hydrogen-bond donors (Lipinski definition) is 2. The summed E-state index contributed by atoms with van der Waals surface area (Å²) in [6.45, 7) is 4.24. The molecule has 0 spiro atoms. The number of nitrogens with two attached hydrogens (primary N) is 1. The van der Waals surface area contributed by atoms with Crippen LogP contribution in [-0.4, -0.2) is 91.4 Å². The average molecular weight is 654 g/mol. The predicted molar refractivity (Wildman–Crippen MR) is 164 cm³/mol. The molecule has 2 fully saturated rings. The minimum Gasteiger partial charge on any atom is -0.442 e. The Balaban J connectivity index is 1.38. The van der Waals surface area contributed by atoms with Crippen molar-refractivity contribution in [2.45, 2.75) is 56.9 Å². The van der Waals surface area contributed by atoms with Gasteiger partial charge in [-0.3, -0.25) is 29.0 Å². The molecule has 3 atom stereocenters. The Hall–Kier alpha value is -3.20. The number of thioether (sulfide) groups is 1. The molecule has 2 saturated heterocycles. The van der Waals surface area contributed by atoms with Gasteiger partial charge in [0.25, 0.3) is 5.91 Å². The van der Waals surface area contributed by atoms with E-state index in [1.807, 2.05) is 13.8 Å². The minimum atomic E-state index is -0.901. The number of halogens is 2. The lowest BCUT2D eigenvalue weighted by molar-refractivity contribution is -0.146. The fraction of sp³-hybridized carbons (Fsp3) is 0.552. The third kappa shape index (κ3) is 8.29. The molecular formula is C29H37ClFN5O7S. The number of hydrogen-bond acceptors (Lipinski definition) is 9. The molecule has 0 aromatic heterocycles. The van der Waals surface area contributed by atoms with Gasteiger partial charge in [-0.25, -0.2) is 9.18 Å². The number of rotatable bonds is 12. The molecule has 44 heavy (non-hydrogen) atoms. The maximum Gasteiger partial charge on any atom is 0.414 e. The van der Waals surface area contributed by atoms with Crippen molar-refractivity contribution in [3.63, 3.8) is 0 Å². The van der Waals surface area contributed by atoms with Crippen LogP contribution in [0, 0.1) is 11.7 Å². The molecule has 240 valence electrons. The first-order chi connectivity index (χ1) is 21.0. The summed E-state index contributed by atoms with van der Waals surface area (Å²) >= 11 is 7.22. The molecule has 12 nitrogen and oxygen atoms in total. The topological polar surface area (TPSA) is 152 Å². The lowest BCUT2D eigenvalue weighted by Crippen LogP contribution is -2.46. The molecule has 1 unspecified atom stereocenters. The van der Waals surface area contributed by atoms with E-state index in [0.29, 0.717) is 42.5 Å². The number of nitrogens with zero attached hydrogens (tertiary/aromatic N) is 3. The molecule has 1 aromatic rings. The van der Waals surface area contributed by atoms with Crippen LogP contribution in [0.15, 0.2) is 28.6 Å². The van der Waals surface area contributed by atoms with E-state index >= 15 is 4.39 Å². The zero-order valence-corrected chi connectivity index (χ0v) is 26.2. The normalized spacial score (nSPS) is 20.9. The molecular weight excluding hydrogens is 617 g/mol. The van der Waals surface area contributed by atoms with Crippen LogP contribution in [0.4, 0.5) is 20.6 Å². The molecule has 5 amide bonds. The second-order valence-corrected chi connectivity index (χ2v) is 12.9. The highest BCUT2D eigenvalue weighted by atomic mass is 35.5. The summed E-state index contributed by atoms with van der Waals surface area (Å²) < 4.78 is 26.2. The minimum absolute atomic E-state index is 0.00941. The number of cyclic esters (lactones) is 1. The molecule has 3 aliphatic heterocycles. The number of allylic oxidation sites excluding steroid dienone is 1. The largest absolute Gasteiger partial charge is 0.442 e. The van der Waals surface area contributed by atoms with E-state index in [1.54, 1.807) is 6.08 Å². The van der Waals surface area contributed by atoms with Gasteiger partial charge in [0.1, 0.15) is 18.5 Å². The molecule has 4 rings (SSSR count). The van der Waals surface area contributed by atoms with Crippen molar-refractivity contribution >= 4 is 64.5 Å². The standard InChI is InChI=1S/C29H37ClFN5O7S/c1-17(2)26(32)27(39)33-10-4-3-5-24(37)36(28(40)22-8-9-23(30)44-22)15-19-14-35(29(41)43-19)21-7-6-18(13-20(21)31)34-11-12-42-16-25(34)38/h6-7,9,13,17,19,22,26H,3-5,8,10-12,14-16,32H2,1-2H3,(H,33,39)/t19-,22?,26+/m1/s1. The summed E-state index contributed by atoms with van der Waals surface area (Å²) in [5.74, 6) is -2.21. The van der Waals surface area contributed by atoms with Crippen molar-refractivity contribution in [3.8, 4) is 0 Å². The van der Waals surface area contributed by atoms with Crippen LogP contribution >= 0.6 is 23.4 Å². The van der Waals surface area contributed by atoms with Gasteiger partial charge in [0, 0.05) is 25.2 Å². The molecule has 0 aliphatic carbocycles. The van der Waals surface area contributed by atoms with Gasteiger partial charge < -0.3 is 25.4 Å². The first-order valence-electron chi connectivity index (χ1n) is 14.5. The van der Waals surface area contributed by atoms with Crippen LogP contribution in [0.25, 0.3) is 0 Å². The van der Waals surface area contributed by atoms with Gasteiger partial charge >= 0.3 is 6.09 Å². The Bertz CT molecular complexity index is 1310. The van der Waals surface area contributed by atoms with E-state index in [2.05, 4.69) is 5.32 Å². The number of unbranched alkanes of at least 4 members (excludes halogenated alkanes) is 1. The van der Waals surface area contributed by atoms with Gasteiger partial charge in [-0.15, -0.1) is 11.8 Å². The van der Waals surface area contributed by atoms with Gasteiger partial charge in [-0.1, -0.05) is 31.5 Å². The van der Waals surface area contributed by atoms with Crippen molar-refractivity contribution in [1.82, 2.24) is 10.2 Å². The number of nitrogens with one attached hydrogen (secondary N) is 1. The van der Waals surface area contributed by atoms with E-state index < -0.39 is 41.1 Å². The van der Waals surface area contributed by atoms with E-state index in [4.69, 9.17) is 26.8 Å². The van der Waals surface area contributed by atoms with Crippen molar-refractivity contribution in [1.29, 1.82) is 0 Å². The predicted octanol–water partition coefficient (Wildman–Crippen LogP) is 2.72. The Labute approximate surface area is 264 Å². The van der Waals surface area contributed by atoms with Crippen molar-refractivity contribution in [2.75, 3.05) is 49.2 Å². The van der Waals surface area contributed by atoms with Crippen LogP contribution in [0.5, 0.6) is 0 Å². The number of amides is 5. The lowest BCUT2D eigenvalue weighted by Gasteiger charge is -2.27. The van der Waals surface area contributed by atoms with Crippen LogP contribution in [-0.2, 0) is 28.7 Å². The van der Waals surface area contributed by atoms with Crippen LogP contribution in [0.3, 0.4) is 0 Å². The summed E-state index contributed by atoms with van der Waals surface area (Å²) in [6, 6.07) is 3.48. The summed E-state index contributed by atoms with van der Waals surface area (Å²) in [6.07, 6.45) is 1.26. The quantitative estimate of drug-likeness (QED) is 0.325. The van der Waals surface area contributed by atoms with Gasteiger partial charge in [0.15, 0.2) is 0 Å². The third-order valence-corrected chi connectivity index (χ3v) is 9.00. The van der Waals surface area contributed by atoms with E-state index in [9.17, 15) is 24.0 Å². The smallest absolute Gasteiger partial charge is 0.414 e. The van der Waals surface area contributed by atoms with Gasteiger partial charge in [0.2, 0.25) is 17.7 Å². The fourth-order valence-corrected chi connectivity index (χ4v) is 6.23. The Morgan fingerprint density at radius 3 is 2.66 bits per heavy atom. The number of morpholine rings is 1. The number of carbonyl (C=O) groups is 5. The molecule has 0 saturated carbocycles. The Morgan fingerprint density at radius 2 is 2.00 bits per heavy atom. The second kappa shape index (κ2) is 15.2. The maximum absolute atomic E-state index is 15.2. The summed E-state index contributed by atoms with van der Waals surface area (Å²) in [4.78, 5) is 67.3. The third-order valence-electron chi connectivity index (χ3n) is 7.51. The monoisotopic (exact) mass is 653 g/mol. The molecule has 3 N–H and O–H groups in total. The highest BCUT2D eigenvalue weighted by Gasteiger charge is 2.39. The highest BCUT2D eigenvalue weighted by molar-refractivity contribution is 8.06. The molecule has 3 heterocycles. The van der Waals surface area contributed by atoms with Crippen molar-refractivity contribution in [2.24, 2.45) is 11.7 Å². The number of anilines is 2. The van der Waals surface area contributed by atoms with Crippen LogP contribution < -0.4 is 20.9 Å². The second-order valence-electron chi connectivity index (χ2n) is 11.1. The zero-order valence-electron chi connectivity index (χ0n) is 24.6. The lowest BCUT2D eigenvalue weighted by atomic mass is 10.1. The van der Waals surface area contributed by atoms with E-state index in [0.717, 1.165) is 21.6 Å². The van der Waals surface area contributed by atoms with Gasteiger partial charge in [-0.05, 0) is 43.4 Å². The van der Waals surface area contributed by atoms with Crippen molar-refractivity contribution in [3.05, 3.63) is 34.5 Å². The fourth-order valence-electron chi connectivity index (χ4n) is 4.93. The molecule has 3 aliphatic rings. The summed E-state index contributed by atoms with van der Waals surface area (Å²) in [5.41, 5.74) is 6.14. The Kier molecular flexibility index (Phi) is 11.6. The van der Waals surface area contributed by atoms with Crippen molar-refractivity contribution < 1.29 is 37.8 Å². The van der Waals surface area contributed by atoms with Crippen LogP contribution in [0.1, 0.15) is 39.5 Å². The average Bonchev–Trinajstić information content (AvgIpc) is 3.59. The molecule has 0 radical (unpaired) electrons. The number of ether oxygens (including phenoxy) is 2. The highest BCUT2D eigenvalue weighted by Crippen LogP contribution is 2.36. The van der Waals surface area contributed by atoms with Gasteiger partial charge in [0.05, 0.1) is 41.0 Å². The summed E-state index contributed by atoms with van der Waals surface area (Å²) in [7, 11) is 0. The maximum atomic E-state index is 15.2. The summed E-state index contributed by atoms with van der Waals surface area (Å²) in [5, 5.41) is 2.16. The molecule has 1 aromatic carbocycles. The van der Waals surface area contributed by atoms with Gasteiger partial charge in [-0.2, -0.15) is 0 Å². The number of benzene rings is 1. The van der Waals surface area contributed by atoms with E-state index in [1.165, 1.54) is 23.1 Å². The molecule has 15 heteroatoms. The van der Waals surface area contributed by atoms with E-state index in [-0.39, 0.29) is 56.1 Å². The SMILES string of the molecule is CC(C)[C@H](N)C(=O)NCCCCC(=O)N(C[C@H]1CN(c2ccc(N3CCOCC3=O)cc2F)C(=O)O1)C(=O)C1CC=C(Cl)S1. The first kappa shape index (κ1) is 33.7.